The van der Waals surface area contributed by atoms with Gasteiger partial charge in [0.2, 0.25) is 15.9 Å². The van der Waals surface area contributed by atoms with Gasteiger partial charge >= 0.3 is 0 Å². The zero-order valence-corrected chi connectivity index (χ0v) is 14.2. The minimum absolute atomic E-state index is 0.197. The van der Waals surface area contributed by atoms with Crippen LogP contribution in [0, 0.1) is 13.8 Å². The summed E-state index contributed by atoms with van der Waals surface area (Å²) in [7, 11) is -0.860. The molecule has 0 heterocycles. The number of aryl methyl sites for hydroxylation is 2. The molecular formula is C14H23N3O4S. The zero-order chi connectivity index (χ0) is 16.9. The highest BCUT2D eigenvalue weighted by molar-refractivity contribution is 7.89. The molecule has 0 spiro atoms. The van der Waals surface area contributed by atoms with Crippen molar-refractivity contribution in [1.29, 1.82) is 0 Å². The number of amides is 1. The molecule has 124 valence electrons. The summed E-state index contributed by atoms with van der Waals surface area (Å²) in [5, 5.41) is 2.54. The summed E-state index contributed by atoms with van der Waals surface area (Å²) in [6, 6.07) is 3.31. The molecule has 1 aromatic rings. The van der Waals surface area contributed by atoms with E-state index in [-0.39, 0.29) is 17.3 Å². The van der Waals surface area contributed by atoms with Crippen molar-refractivity contribution in [3.8, 4) is 5.75 Å². The lowest BCUT2D eigenvalue weighted by atomic mass is 10.1. The van der Waals surface area contributed by atoms with Gasteiger partial charge in [-0.25, -0.2) is 8.42 Å². The SMILES string of the molecule is COc1cc(C)c(S(=O)(=O)N(C)CC(=O)NCCN)c(C)c1. The number of ether oxygens (including phenoxy) is 1. The van der Waals surface area contributed by atoms with E-state index in [1.54, 1.807) is 26.0 Å². The van der Waals surface area contributed by atoms with Crippen LogP contribution in [0.1, 0.15) is 11.1 Å². The Bertz CT molecular complexity index is 620. The summed E-state index contributed by atoms with van der Waals surface area (Å²) in [6.45, 7) is 3.76. The van der Waals surface area contributed by atoms with E-state index in [4.69, 9.17) is 10.5 Å². The average molecular weight is 329 g/mol. The number of carbonyl (C=O) groups is 1. The first-order valence-corrected chi connectivity index (χ1v) is 8.26. The summed E-state index contributed by atoms with van der Waals surface area (Å²) >= 11 is 0. The van der Waals surface area contributed by atoms with Crippen molar-refractivity contribution in [3.63, 3.8) is 0 Å². The molecule has 1 aromatic carbocycles. The van der Waals surface area contributed by atoms with E-state index in [1.807, 2.05) is 0 Å². The lowest BCUT2D eigenvalue weighted by molar-refractivity contribution is -0.121. The van der Waals surface area contributed by atoms with Gasteiger partial charge in [0.1, 0.15) is 5.75 Å². The third kappa shape index (κ3) is 4.19. The third-order valence-corrected chi connectivity index (χ3v) is 5.28. The Balaban J connectivity index is 3.06. The first kappa shape index (κ1) is 18.4. The lowest BCUT2D eigenvalue weighted by Gasteiger charge is -2.20. The Hall–Kier alpha value is -1.64. The number of nitrogens with zero attached hydrogens (tertiary/aromatic N) is 1. The van der Waals surface area contributed by atoms with Crippen LogP contribution in [0.25, 0.3) is 0 Å². The predicted molar refractivity (Wildman–Crippen MR) is 84.3 cm³/mol. The van der Waals surface area contributed by atoms with E-state index in [0.717, 1.165) is 4.31 Å². The molecule has 22 heavy (non-hydrogen) atoms. The highest BCUT2D eigenvalue weighted by atomic mass is 32.2. The molecule has 0 saturated carbocycles. The van der Waals surface area contributed by atoms with Crippen LogP contribution in [0.15, 0.2) is 17.0 Å². The van der Waals surface area contributed by atoms with Crippen molar-refractivity contribution in [2.45, 2.75) is 18.7 Å². The Kier molecular flexibility index (Phi) is 6.34. The first-order chi connectivity index (χ1) is 10.2. The van der Waals surface area contributed by atoms with Crippen molar-refractivity contribution >= 4 is 15.9 Å². The fourth-order valence-electron chi connectivity index (χ4n) is 2.15. The van der Waals surface area contributed by atoms with Gasteiger partial charge in [-0.1, -0.05) is 0 Å². The number of hydrogen-bond donors (Lipinski definition) is 2. The normalized spacial score (nSPS) is 11.5. The van der Waals surface area contributed by atoms with Gasteiger partial charge in [-0.05, 0) is 37.1 Å². The minimum atomic E-state index is -3.76. The molecule has 0 aliphatic heterocycles. The second kappa shape index (κ2) is 7.57. The molecule has 0 bridgehead atoms. The molecule has 0 aliphatic rings. The van der Waals surface area contributed by atoms with Crippen molar-refractivity contribution in [2.24, 2.45) is 5.73 Å². The molecular weight excluding hydrogens is 306 g/mol. The number of carbonyl (C=O) groups excluding carboxylic acids is 1. The van der Waals surface area contributed by atoms with Crippen LogP contribution in [-0.4, -0.2) is 52.4 Å². The van der Waals surface area contributed by atoms with Crippen molar-refractivity contribution in [2.75, 3.05) is 33.8 Å². The largest absolute Gasteiger partial charge is 0.497 e. The monoisotopic (exact) mass is 329 g/mol. The summed E-state index contributed by atoms with van der Waals surface area (Å²) in [5.74, 6) is 0.206. The summed E-state index contributed by atoms with van der Waals surface area (Å²) in [6.07, 6.45) is 0. The number of rotatable bonds is 7. The van der Waals surface area contributed by atoms with E-state index in [2.05, 4.69) is 5.32 Å². The lowest BCUT2D eigenvalue weighted by Crippen LogP contribution is -2.40. The van der Waals surface area contributed by atoms with Crippen molar-refractivity contribution in [3.05, 3.63) is 23.3 Å². The Morgan fingerprint density at radius 2 is 1.86 bits per heavy atom. The third-order valence-electron chi connectivity index (χ3n) is 3.17. The molecule has 0 saturated heterocycles. The average Bonchev–Trinajstić information content (AvgIpc) is 2.43. The van der Waals surface area contributed by atoms with Gasteiger partial charge < -0.3 is 15.8 Å². The van der Waals surface area contributed by atoms with Gasteiger partial charge in [-0.15, -0.1) is 0 Å². The smallest absolute Gasteiger partial charge is 0.243 e. The van der Waals surface area contributed by atoms with Gasteiger partial charge in [0.15, 0.2) is 0 Å². The second-order valence-electron chi connectivity index (χ2n) is 4.99. The maximum atomic E-state index is 12.7. The van der Waals surface area contributed by atoms with E-state index in [9.17, 15) is 13.2 Å². The number of likely N-dealkylation sites (N-methyl/N-ethyl adjacent to an activating group) is 1. The number of methoxy groups -OCH3 is 1. The van der Waals surface area contributed by atoms with Crippen LogP contribution < -0.4 is 15.8 Å². The molecule has 0 aromatic heterocycles. The van der Waals surface area contributed by atoms with Gasteiger partial charge in [0, 0.05) is 20.1 Å². The maximum Gasteiger partial charge on any atom is 0.243 e. The quantitative estimate of drug-likeness (QED) is 0.733. The summed E-state index contributed by atoms with van der Waals surface area (Å²) < 4.78 is 31.5. The van der Waals surface area contributed by atoms with E-state index in [0.29, 0.717) is 30.0 Å². The molecule has 0 radical (unpaired) electrons. The highest BCUT2D eigenvalue weighted by Crippen LogP contribution is 2.27. The fourth-order valence-corrected chi connectivity index (χ4v) is 3.68. The fraction of sp³-hybridized carbons (Fsp3) is 0.500. The van der Waals surface area contributed by atoms with Crippen LogP contribution in [0.4, 0.5) is 0 Å². The molecule has 0 atom stereocenters. The van der Waals surface area contributed by atoms with Crippen LogP contribution in [0.2, 0.25) is 0 Å². The van der Waals surface area contributed by atoms with Gasteiger partial charge in [-0.3, -0.25) is 4.79 Å². The van der Waals surface area contributed by atoms with E-state index >= 15 is 0 Å². The van der Waals surface area contributed by atoms with Gasteiger partial charge in [0.25, 0.3) is 0 Å². The topological polar surface area (TPSA) is 102 Å². The number of hydrogen-bond acceptors (Lipinski definition) is 5. The molecule has 7 nitrogen and oxygen atoms in total. The number of nitrogens with one attached hydrogen (secondary N) is 1. The number of sulfonamides is 1. The van der Waals surface area contributed by atoms with E-state index < -0.39 is 10.0 Å². The standard InChI is InChI=1S/C14H23N3O4S/c1-10-7-12(21-4)8-11(2)14(10)22(19,20)17(3)9-13(18)16-6-5-15/h7-8H,5-6,9,15H2,1-4H3,(H,16,18). The molecule has 0 aliphatic carbocycles. The van der Waals surface area contributed by atoms with Crippen molar-refractivity contribution in [1.82, 2.24) is 9.62 Å². The number of nitrogens with two attached hydrogens (primary N) is 1. The molecule has 3 N–H and O–H groups in total. The maximum absolute atomic E-state index is 12.7. The minimum Gasteiger partial charge on any atom is -0.497 e. The summed E-state index contributed by atoms with van der Waals surface area (Å²) in [5.41, 5.74) is 6.44. The van der Waals surface area contributed by atoms with Crippen LogP contribution in [0.3, 0.4) is 0 Å². The summed E-state index contributed by atoms with van der Waals surface area (Å²) in [4.78, 5) is 11.9. The first-order valence-electron chi connectivity index (χ1n) is 6.82. The Morgan fingerprint density at radius 1 is 1.32 bits per heavy atom. The second-order valence-corrected chi connectivity index (χ2v) is 6.97. The Morgan fingerprint density at radius 3 is 2.32 bits per heavy atom. The molecule has 0 unspecified atom stereocenters. The molecule has 0 fully saturated rings. The predicted octanol–water partition coefficient (Wildman–Crippen LogP) is 0.00744. The molecule has 1 amide bonds. The Labute approximate surface area is 131 Å². The van der Waals surface area contributed by atoms with Crippen molar-refractivity contribution < 1.29 is 17.9 Å². The highest BCUT2D eigenvalue weighted by Gasteiger charge is 2.26. The van der Waals surface area contributed by atoms with Crippen LogP contribution in [-0.2, 0) is 14.8 Å². The zero-order valence-electron chi connectivity index (χ0n) is 13.3. The van der Waals surface area contributed by atoms with E-state index in [1.165, 1.54) is 14.2 Å². The van der Waals surface area contributed by atoms with Gasteiger partial charge in [0.05, 0.1) is 18.6 Å². The molecule has 8 heteroatoms. The molecule has 1 rings (SSSR count). The van der Waals surface area contributed by atoms with Gasteiger partial charge in [-0.2, -0.15) is 4.31 Å². The van der Waals surface area contributed by atoms with Crippen LogP contribution in [0.5, 0.6) is 5.75 Å². The van der Waals surface area contributed by atoms with Crippen LogP contribution >= 0.6 is 0 Å². The number of benzene rings is 1.